The highest BCUT2D eigenvalue weighted by Gasteiger charge is 2.34. The highest BCUT2D eigenvalue weighted by atomic mass is 19.4. The smallest absolute Gasteiger partial charge is 0.406 e. The fourth-order valence-electron chi connectivity index (χ4n) is 1.82. The molecule has 1 aromatic heterocycles. The van der Waals surface area contributed by atoms with Crippen molar-refractivity contribution in [1.29, 1.82) is 5.26 Å². The number of nitrogens with zero attached hydrogens (tertiary/aromatic N) is 3. The average molecular weight is 367 g/mol. The maximum atomic E-state index is 14.1. The van der Waals surface area contributed by atoms with E-state index in [-0.39, 0.29) is 16.7 Å². The number of nitriles is 1. The summed E-state index contributed by atoms with van der Waals surface area (Å²) in [5.41, 5.74) is -4.57. The second-order valence-corrected chi connectivity index (χ2v) is 4.44. The van der Waals surface area contributed by atoms with Gasteiger partial charge < -0.3 is 4.74 Å². The van der Waals surface area contributed by atoms with E-state index in [0.29, 0.717) is 12.4 Å². The van der Waals surface area contributed by atoms with Crippen LogP contribution >= 0.6 is 0 Å². The van der Waals surface area contributed by atoms with Gasteiger partial charge in [-0.25, -0.2) is 9.37 Å². The number of benzene rings is 1. The molecule has 25 heavy (non-hydrogen) atoms. The van der Waals surface area contributed by atoms with Crippen molar-refractivity contribution in [2.75, 3.05) is 0 Å². The van der Waals surface area contributed by atoms with Crippen molar-refractivity contribution < 1.29 is 35.5 Å². The average Bonchev–Trinajstić information content (AvgIpc) is 2.44. The zero-order valence-electron chi connectivity index (χ0n) is 11.6. The summed E-state index contributed by atoms with van der Waals surface area (Å²) in [4.78, 5) is 14.7. The number of hydrogen-bond donors (Lipinski definition) is 0. The summed E-state index contributed by atoms with van der Waals surface area (Å²) < 4.78 is 91.7. The van der Waals surface area contributed by atoms with Gasteiger partial charge in [0.05, 0.1) is 5.56 Å². The molecule has 0 atom stereocenters. The molecule has 0 saturated heterocycles. The predicted octanol–water partition coefficient (Wildman–Crippen LogP) is 3.16. The van der Waals surface area contributed by atoms with E-state index in [2.05, 4.69) is 9.72 Å². The van der Waals surface area contributed by atoms with E-state index in [1.54, 1.807) is 0 Å². The molecular weight excluding hydrogens is 363 g/mol. The van der Waals surface area contributed by atoms with E-state index in [1.807, 2.05) is 0 Å². The first kappa shape index (κ1) is 18.2. The molecule has 132 valence electrons. The Labute approximate surface area is 133 Å². The first-order chi connectivity index (χ1) is 11.4. The Morgan fingerprint density at radius 2 is 1.76 bits per heavy atom. The highest BCUT2D eigenvalue weighted by Crippen LogP contribution is 2.29. The fourth-order valence-corrected chi connectivity index (χ4v) is 1.82. The van der Waals surface area contributed by atoms with Gasteiger partial charge in [0.2, 0.25) is 0 Å². The van der Waals surface area contributed by atoms with Crippen LogP contribution in [-0.2, 0) is 6.18 Å². The molecule has 0 radical (unpaired) electrons. The van der Waals surface area contributed by atoms with Crippen LogP contribution in [0.3, 0.4) is 0 Å². The Bertz CT molecular complexity index is 910. The third-order valence-electron chi connectivity index (χ3n) is 2.73. The van der Waals surface area contributed by atoms with Gasteiger partial charge in [0.15, 0.2) is 11.5 Å². The van der Waals surface area contributed by atoms with Crippen LogP contribution < -0.4 is 10.3 Å². The number of rotatable bonds is 2. The summed E-state index contributed by atoms with van der Waals surface area (Å²) in [7, 11) is 0. The Morgan fingerprint density at radius 1 is 1.12 bits per heavy atom. The van der Waals surface area contributed by atoms with Gasteiger partial charge in [0, 0.05) is 18.2 Å². The molecule has 0 fully saturated rings. The minimum absolute atomic E-state index is 0.0563. The molecule has 2 aromatic rings. The van der Waals surface area contributed by atoms with Crippen LogP contribution in [0.1, 0.15) is 11.3 Å². The van der Waals surface area contributed by atoms with E-state index in [0.717, 1.165) is 0 Å². The normalized spacial score (nSPS) is 11.9. The number of ether oxygens (including phenoxy) is 1. The zero-order valence-corrected chi connectivity index (χ0v) is 11.6. The van der Waals surface area contributed by atoms with Crippen LogP contribution in [0.15, 0.2) is 29.3 Å². The molecule has 0 aliphatic rings. The first-order valence-electron chi connectivity index (χ1n) is 6.08. The summed E-state index contributed by atoms with van der Waals surface area (Å²) in [6.45, 7) is 0. The number of hydrogen-bond acceptors (Lipinski definition) is 4. The van der Waals surface area contributed by atoms with E-state index in [1.165, 1.54) is 6.07 Å². The molecule has 0 N–H and O–H groups in total. The van der Waals surface area contributed by atoms with Gasteiger partial charge in [0.1, 0.15) is 23.8 Å². The molecule has 1 heterocycles. The number of halogens is 7. The monoisotopic (exact) mass is 367 g/mol. The lowest BCUT2D eigenvalue weighted by molar-refractivity contribution is -0.274. The van der Waals surface area contributed by atoms with Crippen LogP contribution in [0.25, 0.3) is 5.69 Å². The third kappa shape index (κ3) is 4.06. The summed E-state index contributed by atoms with van der Waals surface area (Å²) in [6.07, 6.45) is -9.78. The summed E-state index contributed by atoms with van der Waals surface area (Å²) in [5, 5.41) is 8.93. The molecule has 0 bridgehead atoms. The Balaban J connectivity index is 2.61. The van der Waals surface area contributed by atoms with E-state index >= 15 is 0 Å². The van der Waals surface area contributed by atoms with Gasteiger partial charge in [-0.1, -0.05) is 0 Å². The van der Waals surface area contributed by atoms with E-state index < -0.39 is 46.6 Å². The molecule has 0 unspecified atom stereocenters. The van der Waals surface area contributed by atoms with Gasteiger partial charge >= 0.3 is 12.5 Å². The van der Waals surface area contributed by atoms with Crippen molar-refractivity contribution >= 4 is 0 Å². The quantitative estimate of drug-likeness (QED) is 0.765. The van der Waals surface area contributed by atoms with Crippen molar-refractivity contribution in [2.45, 2.75) is 12.5 Å². The lowest BCUT2D eigenvalue weighted by Gasteiger charge is -2.13. The van der Waals surface area contributed by atoms with E-state index in [9.17, 15) is 35.5 Å². The van der Waals surface area contributed by atoms with Crippen LogP contribution in [0.2, 0.25) is 0 Å². The second-order valence-electron chi connectivity index (χ2n) is 4.44. The lowest BCUT2D eigenvalue weighted by atomic mass is 10.1. The molecule has 1 aromatic carbocycles. The molecule has 12 heteroatoms. The summed E-state index contributed by atoms with van der Waals surface area (Å²) in [6, 6.07) is 2.10. The fraction of sp³-hybridized carbons (Fsp3) is 0.154. The molecule has 0 aliphatic carbocycles. The standard InChI is InChI=1S/C13H4F7N3O2/c14-8-2-7(25-13(18,19)20)1-6(4-21)11(8)23-5-22-9(3-10(23)24)12(15,16)17/h1-3,5H. The number of aromatic nitrogens is 2. The predicted molar refractivity (Wildman–Crippen MR) is 66.2 cm³/mol. The molecule has 0 amide bonds. The minimum atomic E-state index is -5.16. The van der Waals surface area contributed by atoms with E-state index in [4.69, 9.17) is 5.26 Å². The van der Waals surface area contributed by atoms with Crippen molar-refractivity contribution in [3.8, 4) is 17.5 Å². The molecular formula is C13H4F7N3O2. The summed E-state index contributed by atoms with van der Waals surface area (Å²) >= 11 is 0. The lowest BCUT2D eigenvalue weighted by Crippen LogP contribution is -2.24. The van der Waals surface area contributed by atoms with Crippen molar-refractivity contribution in [3.05, 3.63) is 52.0 Å². The second kappa shape index (κ2) is 6.08. The van der Waals surface area contributed by atoms with Crippen LogP contribution in [0.4, 0.5) is 30.7 Å². The van der Waals surface area contributed by atoms with Crippen LogP contribution in [-0.4, -0.2) is 15.9 Å². The van der Waals surface area contributed by atoms with Gasteiger partial charge in [-0.2, -0.15) is 18.4 Å². The third-order valence-corrected chi connectivity index (χ3v) is 2.73. The maximum absolute atomic E-state index is 14.1. The van der Waals surface area contributed by atoms with Crippen LogP contribution in [0, 0.1) is 17.1 Å². The SMILES string of the molecule is N#Cc1cc(OC(F)(F)F)cc(F)c1-n1cnc(C(F)(F)F)cc1=O. The molecule has 5 nitrogen and oxygen atoms in total. The number of alkyl halides is 6. The van der Waals surface area contributed by atoms with Gasteiger partial charge in [-0.05, 0) is 0 Å². The van der Waals surface area contributed by atoms with Crippen LogP contribution in [0.5, 0.6) is 5.75 Å². The molecule has 0 aliphatic heterocycles. The highest BCUT2D eigenvalue weighted by molar-refractivity contribution is 5.53. The molecule has 0 spiro atoms. The minimum Gasteiger partial charge on any atom is -0.406 e. The largest absolute Gasteiger partial charge is 0.573 e. The Hall–Kier alpha value is -3.10. The molecule has 2 rings (SSSR count). The van der Waals surface area contributed by atoms with Gasteiger partial charge in [-0.15, -0.1) is 13.2 Å². The zero-order chi connectivity index (χ0) is 19.0. The maximum Gasteiger partial charge on any atom is 0.573 e. The van der Waals surface area contributed by atoms with Crippen molar-refractivity contribution in [1.82, 2.24) is 9.55 Å². The molecule has 0 saturated carbocycles. The topological polar surface area (TPSA) is 67.9 Å². The van der Waals surface area contributed by atoms with Gasteiger partial charge in [0.25, 0.3) is 5.56 Å². The van der Waals surface area contributed by atoms with Crippen molar-refractivity contribution in [3.63, 3.8) is 0 Å². The first-order valence-corrected chi connectivity index (χ1v) is 6.08. The van der Waals surface area contributed by atoms with Gasteiger partial charge in [-0.3, -0.25) is 9.36 Å². The van der Waals surface area contributed by atoms with Crippen molar-refractivity contribution in [2.24, 2.45) is 0 Å². The summed E-state index contributed by atoms with van der Waals surface area (Å²) in [5.74, 6) is -2.57. The Kier molecular flexibility index (Phi) is 4.44. The Morgan fingerprint density at radius 3 is 2.24 bits per heavy atom.